The van der Waals surface area contributed by atoms with Gasteiger partial charge in [-0.3, -0.25) is 0 Å². The Labute approximate surface area is 140 Å². The number of halogens is 1. The average Bonchev–Trinajstić information content (AvgIpc) is 3.08. The summed E-state index contributed by atoms with van der Waals surface area (Å²) in [6, 6.07) is 7.12. The molecule has 0 saturated heterocycles. The van der Waals surface area contributed by atoms with Crippen molar-refractivity contribution >= 4 is 37.4 Å². The number of hydrogen-bond acceptors (Lipinski definition) is 2. The van der Waals surface area contributed by atoms with Crippen molar-refractivity contribution in [3.63, 3.8) is 0 Å². The Kier molecular flexibility index (Phi) is 5.03. The molecule has 2 aromatic rings. The van der Waals surface area contributed by atoms with Crippen LogP contribution in [0.25, 0.3) is 10.1 Å². The van der Waals surface area contributed by atoms with Crippen molar-refractivity contribution in [1.29, 1.82) is 0 Å². The van der Waals surface area contributed by atoms with E-state index in [1.54, 1.807) is 0 Å². The molecule has 1 N–H and O–H groups in total. The van der Waals surface area contributed by atoms with E-state index in [-0.39, 0.29) is 0 Å². The quantitative estimate of drug-likeness (QED) is 0.670. The zero-order valence-electron chi connectivity index (χ0n) is 12.9. The lowest BCUT2D eigenvalue weighted by Gasteiger charge is -2.28. The van der Waals surface area contributed by atoms with E-state index in [9.17, 15) is 0 Å². The number of hydrogen-bond donors (Lipinski definition) is 1. The number of fused-ring (bicyclic) bond motifs is 1. The lowest BCUT2D eigenvalue weighted by Crippen LogP contribution is -2.30. The Morgan fingerprint density at radius 3 is 2.95 bits per heavy atom. The molecule has 1 fully saturated rings. The molecule has 1 aromatic carbocycles. The van der Waals surface area contributed by atoms with Gasteiger partial charge in [0, 0.05) is 15.2 Å². The lowest BCUT2D eigenvalue weighted by molar-refractivity contribution is 0.304. The van der Waals surface area contributed by atoms with E-state index in [4.69, 9.17) is 0 Å². The van der Waals surface area contributed by atoms with E-state index in [0.29, 0.717) is 6.04 Å². The highest BCUT2D eigenvalue weighted by Gasteiger charge is 2.32. The minimum absolute atomic E-state index is 0.519. The summed E-state index contributed by atoms with van der Waals surface area (Å²) in [5, 5.41) is 7.66. The molecule has 114 valence electrons. The van der Waals surface area contributed by atoms with Crippen LogP contribution in [0.3, 0.4) is 0 Å². The molecule has 1 aromatic heterocycles. The lowest BCUT2D eigenvalue weighted by atomic mass is 9.85. The third-order valence-corrected chi connectivity index (χ3v) is 6.86. The maximum atomic E-state index is 3.85. The normalized spacial score (nSPS) is 23.8. The molecule has 0 spiro atoms. The van der Waals surface area contributed by atoms with Gasteiger partial charge in [-0.05, 0) is 69.5 Å². The first kappa shape index (κ1) is 15.5. The average molecular weight is 366 g/mol. The van der Waals surface area contributed by atoms with E-state index in [1.807, 2.05) is 11.3 Å². The van der Waals surface area contributed by atoms with Crippen molar-refractivity contribution in [3.05, 3.63) is 33.6 Å². The summed E-state index contributed by atoms with van der Waals surface area (Å²) >= 11 is 5.57. The van der Waals surface area contributed by atoms with Crippen molar-refractivity contribution < 1.29 is 0 Å². The second-order valence-corrected chi connectivity index (χ2v) is 8.05. The molecule has 1 aliphatic carbocycles. The molecule has 1 nitrogen and oxygen atoms in total. The zero-order chi connectivity index (χ0) is 14.8. The van der Waals surface area contributed by atoms with Gasteiger partial charge in [0.25, 0.3) is 0 Å². The summed E-state index contributed by atoms with van der Waals surface area (Å²) in [5.74, 6) is 1.62. The second kappa shape index (κ2) is 6.80. The summed E-state index contributed by atoms with van der Waals surface area (Å²) in [6.45, 7) is 5.80. The van der Waals surface area contributed by atoms with Crippen molar-refractivity contribution in [1.82, 2.24) is 5.32 Å². The Balaban J connectivity index is 1.99. The predicted octanol–water partition coefficient (Wildman–Crippen LogP) is 6.14. The molecule has 0 aliphatic heterocycles. The smallest absolute Gasteiger partial charge is 0.0488 e. The van der Waals surface area contributed by atoms with E-state index in [1.165, 1.54) is 45.8 Å². The molecule has 0 radical (unpaired) electrons. The second-order valence-electron chi connectivity index (χ2n) is 6.31. The van der Waals surface area contributed by atoms with Crippen LogP contribution in [-0.2, 0) is 0 Å². The molecule has 3 atom stereocenters. The molecular weight excluding hydrogens is 342 g/mol. The standard InChI is InChI=1S/C18H24BrNS/c1-3-10-20-17(13-7-4-6-12(13)2)15-11-21-18-14(15)8-5-9-16(18)19/h5,8-9,11-13,17,20H,3-4,6-7,10H2,1-2H3. The van der Waals surface area contributed by atoms with Crippen molar-refractivity contribution in [2.75, 3.05) is 6.54 Å². The minimum atomic E-state index is 0.519. The summed E-state index contributed by atoms with van der Waals surface area (Å²) in [5.41, 5.74) is 1.52. The predicted molar refractivity (Wildman–Crippen MR) is 97.1 cm³/mol. The molecule has 3 unspecified atom stereocenters. The highest BCUT2D eigenvalue weighted by Crippen LogP contribution is 2.44. The Bertz CT molecular complexity index is 606. The molecule has 3 rings (SSSR count). The van der Waals surface area contributed by atoms with Gasteiger partial charge >= 0.3 is 0 Å². The Morgan fingerprint density at radius 1 is 1.38 bits per heavy atom. The van der Waals surface area contributed by atoms with Crippen molar-refractivity contribution in [2.45, 2.75) is 45.6 Å². The third-order valence-electron chi connectivity index (χ3n) is 4.89. The van der Waals surface area contributed by atoms with Gasteiger partial charge in [-0.2, -0.15) is 0 Å². The van der Waals surface area contributed by atoms with Crippen molar-refractivity contribution in [2.24, 2.45) is 11.8 Å². The van der Waals surface area contributed by atoms with Gasteiger partial charge in [-0.1, -0.05) is 38.8 Å². The topological polar surface area (TPSA) is 12.0 Å². The van der Waals surface area contributed by atoms with Crippen molar-refractivity contribution in [3.8, 4) is 0 Å². The van der Waals surface area contributed by atoms with Crippen LogP contribution >= 0.6 is 27.3 Å². The van der Waals surface area contributed by atoms with E-state index >= 15 is 0 Å². The Morgan fingerprint density at radius 2 is 2.24 bits per heavy atom. The van der Waals surface area contributed by atoms with Crippen LogP contribution < -0.4 is 5.32 Å². The maximum absolute atomic E-state index is 3.85. The van der Waals surface area contributed by atoms with Crippen LogP contribution in [0.15, 0.2) is 28.1 Å². The first-order valence-electron chi connectivity index (χ1n) is 8.11. The maximum Gasteiger partial charge on any atom is 0.0488 e. The highest BCUT2D eigenvalue weighted by molar-refractivity contribution is 9.10. The molecule has 1 heterocycles. The summed E-state index contributed by atoms with van der Waals surface area (Å²) in [7, 11) is 0. The SMILES string of the molecule is CCCNC(c1csc2c(Br)cccc12)C1CCCC1C. The highest BCUT2D eigenvalue weighted by atomic mass is 79.9. The molecule has 1 saturated carbocycles. The number of rotatable bonds is 5. The van der Waals surface area contributed by atoms with Crippen LogP contribution in [0.5, 0.6) is 0 Å². The number of nitrogens with one attached hydrogen (secondary N) is 1. The van der Waals surface area contributed by atoms with Gasteiger partial charge in [0.15, 0.2) is 0 Å². The number of thiophene rings is 1. The van der Waals surface area contributed by atoms with Crippen LogP contribution in [0.4, 0.5) is 0 Å². The number of benzene rings is 1. The van der Waals surface area contributed by atoms with Gasteiger partial charge in [0.1, 0.15) is 0 Å². The fourth-order valence-electron chi connectivity index (χ4n) is 3.74. The Hall–Kier alpha value is -0.380. The summed E-state index contributed by atoms with van der Waals surface area (Å²) in [6.07, 6.45) is 5.35. The monoisotopic (exact) mass is 365 g/mol. The molecule has 0 bridgehead atoms. The van der Waals surface area contributed by atoms with Gasteiger partial charge in [-0.15, -0.1) is 11.3 Å². The van der Waals surface area contributed by atoms with Crippen LogP contribution in [0.2, 0.25) is 0 Å². The molecule has 21 heavy (non-hydrogen) atoms. The molecular formula is C18H24BrNS. The first-order chi connectivity index (χ1) is 10.2. The fraction of sp³-hybridized carbons (Fsp3) is 0.556. The zero-order valence-corrected chi connectivity index (χ0v) is 15.3. The van der Waals surface area contributed by atoms with Gasteiger partial charge < -0.3 is 5.32 Å². The van der Waals surface area contributed by atoms with Crippen LogP contribution in [0, 0.1) is 11.8 Å². The first-order valence-corrected chi connectivity index (χ1v) is 9.78. The van der Waals surface area contributed by atoms with Crippen LogP contribution in [0.1, 0.15) is 51.1 Å². The summed E-state index contributed by atoms with van der Waals surface area (Å²) < 4.78 is 2.62. The minimum Gasteiger partial charge on any atom is -0.310 e. The molecule has 1 aliphatic rings. The fourth-order valence-corrected chi connectivity index (χ4v) is 5.40. The van der Waals surface area contributed by atoms with Gasteiger partial charge in [-0.25, -0.2) is 0 Å². The van der Waals surface area contributed by atoms with Crippen LogP contribution in [-0.4, -0.2) is 6.54 Å². The summed E-state index contributed by atoms with van der Waals surface area (Å²) in [4.78, 5) is 0. The molecule has 3 heteroatoms. The van der Waals surface area contributed by atoms with E-state index in [0.717, 1.165) is 18.4 Å². The largest absolute Gasteiger partial charge is 0.310 e. The van der Waals surface area contributed by atoms with Gasteiger partial charge in [0.05, 0.1) is 0 Å². The van der Waals surface area contributed by atoms with E-state index in [2.05, 4.69) is 58.7 Å². The van der Waals surface area contributed by atoms with E-state index < -0.39 is 0 Å². The third kappa shape index (κ3) is 3.06. The molecule has 0 amide bonds. The van der Waals surface area contributed by atoms with Gasteiger partial charge in [0.2, 0.25) is 0 Å².